The summed E-state index contributed by atoms with van der Waals surface area (Å²) in [5.74, 6) is -2.60. The molecule has 0 spiro atoms. The summed E-state index contributed by atoms with van der Waals surface area (Å²) in [6.45, 7) is -0.580. The van der Waals surface area contributed by atoms with E-state index in [1.54, 1.807) is 0 Å². The van der Waals surface area contributed by atoms with Crippen molar-refractivity contribution in [1.29, 1.82) is 0 Å². The van der Waals surface area contributed by atoms with Crippen LogP contribution in [0.3, 0.4) is 0 Å². The van der Waals surface area contributed by atoms with Crippen molar-refractivity contribution in [2.24, 2.45) is 0 Å². The monoisotopic (exact) mass is 394 g/mol. The largest absolute Gasteiger partial charge is 0.461 e. The van der Waals surface area contributed by atoms with Gasteiger partial charge in [0.25, 0.3) is 10.1 Å². The summed E-state index contributed by atoms with van der Waals surface area (Å²) in [6, 6.07) is 8.53. The molecule has 0 atom stereocenters. The van der Waals surface area contributed by atoms with E-state index in [0.29, 0.717) is 11.0 Å². The maximum absolute atomic E-state index is 12.6. The average molecular weight is 394 g/mol. The molecular weight excluding hydrogens is 381 g/mol. The second-order valence-electron chi connectivity index (χ2n) is 5.66. The lowest BCUT2D eigenvalue weighted by molar-refractivity contribution is 0.0519. The van der Waals surface area contributed by atoms with Crippen molar-refractivity contribution in [1.82, 2.24) is 0 Å². The molecule has 11 heteroatoms. The minimum absolute atomic E-state index is 0.0111. The highest BCUT2D eigenvalue weighted by Gasteiger charge is 2.21. The van der Waals surface area contributed by atoms with E-state index in [9.17, 15) is 18.0 Å². The van der Waals surface area contributed by atoms with E-state index in [1.807, 2.05) is 0 Å². The summed E-state index contributed by atoms with van der Waals surface area (Å²) in [4.78, 5) is 24.8. The molecule has 138 valence electrons. The molecule has 0 heterocycles. The zero-order valence-electron chi connectivity index (χ0n) is 14.6. The zero-order chi connectivity index (χ0) is 20.9. The van der Waals surface area contributed by atoms with Gasteiger partial charge >= 0.3 is 11.9 Å². The van der Waals surface area contributed by atoms with Gasteiger partial charge in [-0.15, -0.1) is 0 Å². The van der Waals surface area contributed by atoms with Crippen LogP contribution >= 0.6 is 0 Å². The number of carbonyl (C=O) groups is 2. The van der Waals surface area contributed by atoms with Gasteiger partial charge in [0.15, 0.2) is 0 Å². The van der Waals surface area contributed by atoms with Crippen molar-refractivity contribution in [2.45, 2.75) is 6.32 Å². The Balaban J connectivity index is 2.25. The number of carbonyl (C=O) groups excluding carboxylic acids is 2. The summed E-state index contributed by atoms with van der Waals surface area (Å²) >= 11 is 0. The fourth-order valence-corrected chi connectivity index (χ4v) is 2.61. The number of esters is 2. The van der Waals surface area contributed by atoms with Crippen LogP contribution in [0.15, 0.2) is 36.4 Å². The maximum atomic E-state index is 12.6. The van der Waals surface area contributed by atoms with Crippen molar-refractivity contribution in [2.75, 3.05) is 12.4 Å². The molecule has 0 saturated carbocycles. The topological polar surface area (TPSA) is 107 Å². The SMILES string of the molecule is [B]Cc1cc([B])cc([B])c1OC(=O)c1ccccc1C(=O)OCCS(=O)(=O)O. The van der Waals surface area contributed by atoms with Gasteiger partial charge in [0.1, 0.15) is 33.8 Å². The molecule has 0 unspecified atom stereocenters. The number of hydrogen-bond acceptors (Lipinski definition) is 6. The van der Waals surface area contributed by atoms with E-state index >= 15 is 0 Å². The van der Waals surface area contributed by atoms with Crippen molar-refractivity contribution in [3.05, 3.63) is 53.1 Å². The second kappa shape index (κ2) is 9.12. The molecular formula is C17H13B3O7S. The van der Waals surface area contributed by atoms with Crippen LogP contribution < -0.4 is 15.7 Å². The van der Waals surface area contributed by atoms with Gasteiger partial charge in [-0.2, -0.15) is 8.42 Å². The lowest BCUT2D eigenvalue weighted by Gasteiger charge is -2.15. The van der Waals surface area contributed by atoms with E-state index in [2.05, 4.69) is 0 Å². The number of benzene rings is 2. The fraction of sp³-hybridized carbons (Fsp3) is 0.176. The van der Waals surface area contributed by atoms with Gasteiger partial charge in [-0.25, -0.2) is 9.59 Å². The minimum atomic E-state index is -4.29. The van der Waals surface area contributed by atoms with E-state index in [1.165, 1.54) is 36.4 Å². The third-order valence-corrected chi connectivity index (χ3v) is 4.26. The van der Waals surface area contributed by atoms with E-state index < -0.39 is 34.4 Å². The Morgan fingerprint density at radius 1 is 1.04 bits per heavy atom. The third kappa shape index (κ3) is 5.74. The highest BCUT2D eigenvalue weighted by molar-refractivity contribution is 7.85. The summed E-state index contributed by atoms with van der Waals surface area (Å²) in [7, 11) is 12.9. The molecule has 7 nitrogen and oxygen atoms in total. The van der Waals surface area contributed by atoms with Gasteiger partial charge in [-0.3, -0.25) is 4.55 Å². The van der Waals surface area contributed by atoms with E-state index in [4.69, 9.17) is 37.6 Å². The van der Waals surface area contributed by atoms with Gasteiger partial charge in [0.05, 0.1) is 19.0 Å². The first kappa shape index (κ1) is 21.8. The molecule has 28 heavy (non-hydrogen) atoms. The molecule has 1 N–H and O–H groups in total. The summed E-state index contributed by atoms with van der Waals surface area (Å²) < 4.78 is 40.2. The summed E-state index contributed by atoms with van der Waals surface area (Å²) in [5.41, 5.74) is 0.575. The number of rotatable bonds is 7. The minimum Gasteiger partial charge on any atom is -0.461 e. The normalized spacial score (nSPS) is 11.0. The smallest absolute Gasteiger partial charge is 0.344 e. The van der Waals surface area contributed by atoms with Crippen molar-refractivity contribution in [3.63, 3.8) is 0 Å². The van der Waals surface area contributed by atoms with Crippen LogP contribution in [0.4, 0.5) is 0 Å². The Hall–Kier alpha value is -2.52. The van der Waals surface area contributed by atoms with Crippen LogP contribution in [0.5, 0.6) is 5.75 Å². The predicted molar refractivity (Wildman–Crippen MR) is 105 cm³/mol. The Morgan fingerprint density at radius 3 is 2.21 bits per heavy atom. The third-order valence-electron chi connectivity index (χ3n) is 3.57. The Labute approximate surface area is 166 Å². The maximum Gasteiger partial charge on any atom is 0.344 e. The molecule has 0 amide bonds. The van der Waals surface area contributed by atoms with Crippen LogP contribution in [0.2, 0.25) is 0 Å². The Morgan fingerprint density at radius 2 is 1.64 bits per heavy atom. The lowest BCUT2D eigenvalue weighted by atomic mass is 9.81. The Kier molecular flexibility index (Phi) is 7.09. The van der Waals surface area contributed by atoms with Gasteiger partial charge in [0, 0.05) is 0 Å². The first-order valence-electron chi connectivity index (χ1n) is 7.94. The molecule has 0 aliphatic carbocycles. The standard InChI is InChI=1S/C17H13B3O7S/c18-9-10-7-11(19)8-14(20)15(10)27-17(22)13-4-2-1-3-12(13)16(21)26-5-6-28(23,24)25/h1-4,7-8H,5-6,9H2,(H,23,24,25). The predicted octanol–water partition coefficient (Wildman–Crippen LogP) is -0.793. The van der Waals surface area contributed by atoms with Crippen LogP contribution in [0.1, 0.15) is 26.3 Å². The van der Waals surface area contributed by atoms with Crippen LogP contribution in [-0.4, -0.2) is 60.8 Å². The van der Waals surface area contributed by atoms with Crippen LogP contribution in [0, 0.1) is 0 Å². The Bertz CT molecular complexity index is 1010. The molecule has 2 rings (SSSR count). The van der Waals surface area contributed by atoms with Gasteiger partial charge < -0.3 is 9.47 Å². The van der Waals surface area contributed by atoms with Gasteiger partial charge in [0.2, 0.25) is 0 Å². The quantitative estimate of drug-likeness (QED) is 0.284. The first-order valence-corrected chi connectivity index (χ1v) is 9.54. The molecule has 0 aliphatic rings. The molecule has 6 radical (unpaired) electrons. The van der Waals surface area contributed by atoms with Crippen LogP contribution in [0.25, 0.3) is 0 Å². The molecule has 0 bridgehead atoms. The fourth-order valence-electron chi connectivity index (χ4n) is 2.32. The van der Waals surface area contributed by atoms with Crippen molar-refractivity contribution in [3.8, 4) is 5.75 Å². The first-order chi connectivity index (χ1) is 13.1. The van der Waals surface area contributed by atoms with Crippen molar-refractivity contribution < 1.29 is 32.0 Å². The highest BCUT2D eigenvalue weighted by Crippen LogP contribution is 2.18. The molecule has 2 aromatic carbocycles. The lowest BCUT2D eigenvalue weighted by Crippen LogP contribution is -2.23. The number of hydrogen-bond donors (Lipinski definition) is 1. The zero-order valence-corrected chi connectivity index (χ0v) is 15.4. The molecule has 0 aliphatic heterocycles. The average Bonchev–Trinajstić information content (AvgIpc) is 2.62. The van der Waals surface area contributed by atoms with E-state index in [0.717, 1.165) is 0 Å². The molecule has 0 aromatic heterocycles. The molecule has 0 fully saturated rings. The molecule has 0 saturated heterocycles. The summed E-state index contributed by atoms with van der Waals surface area (Å²) in [6.07, 6.45) is 0.0111. The summed E-state index contributed by atoms with van der Waals surface area (Å²) in [5, 5.41) is 0. The highest BCUT2D eigenvalue weighted by atomic mass is 32.2. The van der Waals surface area contributed by atoms with E-state index in [-0.39, 0.29) is 28.7 Å². The van der Waals surface area contributed by atoms with Gasteiger partial charge in [-0.05, 0) is 17.7 Å². The van der Waals surface area contributed by atoms with Gasteiger partial charge in [-0.1, -0.05) is 41.5 Å². The van der Waals surface area contributed by atoms with Crippen LogP contribution in [-0.2, 0) is 21.2 Å². The molecule has 2 aromatic rings. The second-order valence-corrected chi connectivity index (χ2v) is 7.23. The number of ether oxygens (including phenoxy) is 2. The van der Waals surface area contributed by atoms with Crippen molar-refractivity contribution >= 4 is 56.5 Å².